The normalized spacial score (nSPS) is 14.3. The molecule has 0 saturated carbocycles. The van der Waals surface area contributed by atoms with Crippen molar-refractivity contribution >= 4 is 0 Å². The molecule has 0 aliphatic rings. The van der Waals surface area contributed by atoms with Crippen LogP contribution in [0.15, 0.2) is 0 Å². The zero-order chi connectivity index (χ0) is 7.28. The number of hydrogen-bond donors (Lipinski definition) is 2. The van der Waals surface area contributed by atoms with E-state index in [1.54, 1.807) is 6.92 Å². The lowest BCUT2D eigenvalue weighted by Gasteiger charge is -2.10. The first-order valence-corrected chi connectivity index (χ1v) is 3.41. The van der Waals surface area contributed by atoms with Gasteiger partial charge in [-0.25, -0.2) is 0 Å². The maximum absolute atomic E-state index is 8.92. The highest BCUT2D eigenvalue weighted by atomic mass is 16.3. The van der Waals surface area contributed by atoms with E-state index in [1.165, 1.54) is 0 Å². The molecule has 0 heterocycles. The van der Waals surface area contributed by atoms with Crippen LogP contribution in [0.3, 0.4) is 0 Å². The van der Waals surface area contributed by atoms with E-state index in [1.807, 2.05) is 0 Å². The summed E-state index contributed by atoms with van der Waals surface area (Å²) in [4.78, 5) is 0. The first-order valence-electron chi connectivity index (χ1n) is 3.41. The van der Waals surface area contributed by atoms with Gasteiger partial charge in [0.05, 0.1) is 6.10 Å². The van der Waals surface area contributed by atoms with Gasteiger partial charge in [0.1, 0.15) is 6.10 Å². The molecule has 0 amide bonds. The monoisotopic (exact) mass is 131 g/mol. The SMILES string of the molecule is CCCC[C](O)C(C)O. The van der Waals surface area contributed by atoms with Crippen LogP contribution in [-0.4, -0.2) is 16.3 Å². The molecule has 0 aromatic rings. The molecule has 55 valence electrons. The minimum Gasteiger partial charge on any atom is -0.390 e. The molecule has 0 rings (SSSR count). The highest BCUT2D eigenvalue weighted by molar-refractivity contribution is 4.80. The quantitative estimate of drug-likeness (QED) is 0.606. The second-order valence-electron chi connectivity index (χ2n) is 2.27. The summed E-state index contributed by atoms with van der Waals surface area (Å²) in [6, 6.07) is 0. The van der Waals surface area contributed by atoms with Gasteiger partial charge in [0.25, 0.3) is 0 Å². The largest absolute Gasteiger partial charge is 0.390 e. The second-order valence-corrected chi connectivity index (χ2v) is 2.27. The van der Waals surface area contributed by atoms with Gasteiger partial charge in [-0.3, -0.25) is 0 Å². The summed E-state index contributed by atoms with van der Waals surface area (Å²) in [5.41, 5.74) is 0. The van der Waals surface area contributed by atoms with Crippen molar-refractivity contribution in [1.29, 1.82) is 0 Å². The van der Waals surface area contributed by atoms with Crippen molar-refractivity contribution in [2.75, 3.05) is 0 Å². The summed E-state index contributed by atoms with van der Waals surface area (Å²) >= 11 is 0. The molecule has 2 nitrogen and oxygen atoms in total. The fourth-order valence-corrected chi connectivity index (χ4v) is 0.567. The van der Waals surface area contributed by atoms with Crippen LogP contribution < -0.4 is 0 Å². The second kappa shape index (κ2) is 4.77. The summed E-state index contributed by atoms with van der Waals surface area (Å²) < 4.78 is 0. The smallest absolute Gasteiger partial charge is 0.121 e. The number of aliphatic hydroxyl groups excluding tert-OH is 2. The van der Waals surface area contributed by atoms with Gasteiger partial charge in [0.15, 0.2) is 0 Å². The van der Waals surface area contributed by atoms with Gasteiger partial charge >= 0.3 is 0 Å². The minimum atomic E-state index is -0.656. The van der Waals surface area contributed by atoms with Crippen molar-refractivity contribution in [3.63, 3.8) is 0 Å². The van der Waals surface area contributed by atoms with E-state index >= 15 is 0 Å². The Balaban J connectivity index is 3.16. The lowest BCUT2D eigenvalue weighted by molar-refractivity contribution is 0.104. The molecule has 0 spiro atoms. The molecule has 1 atom stereocenters. The minimum absolute atomic E-state index is 0.205. The third kappa shape index (κ3) is 4.43. The van der Waals surface area contributed by atoms with E-state index in [0.29, 0.717) is 6.42 Å². The van der Waals surface area contributed by atoms with E-state index in [0.717, 1.165) is 12.8 Å². The van der Waals surface area contributed by atoms with Gasteiger partial charge in [-0.15, -0.1) is 0 Å². The summed E-state index contributed by atoms with van der Waals surface area (Å²) in [6.45, 7) is 3.63. The van der Waals surface area contributed by atoms with Crippen molar-refractivity contribution in [2.45, 2.75) is 39.2 Å². The van der Waals surface area contributed by atoms with E-state index in [9.17, 15) is 0 Å². The van der Waals surface area contributed by atoms with E-state index in [4.69, 9.17) is 10.2 Å². The zero-order valence-corrected chi connectivity index (χ0v) is 6.09. The molecule has 1 radical (unpaired) electrons. The number of hydrogen-bond acceptors (Lipinski definition) is 2. The van der Waals surface area contributed by atoms with Gasteiger partial charge < -0.3 is 10.2 Å². The predicted molar refractivity (Wildman–Crippen MR) is 36.4 cm³/mol. The van der Waals surface area contributed by atoms with Crippen LogP contribution >= 0.6 is 0 Å². The fraction of sp³-hybridized carbons (Fsp3) is 0.857. The first kappa shape index (κ1) is 8.92. The Kier molecular flexibility index (Phi) is 4.72. The van der Waals surface area contributed by atoms with E-state index in [2.05, 4.69) is 6.92 Å². The molecule has 0 fully saturated rings. The van der Waals surface area contributed by atoms with Crippen molar-refractivity contribution in [2.24, 2.45) is 0 Å². The Bertz CT molecular complexity index is 61.9. The summed E-state index contributed by atoms with van der Waals surface area (Å²) in [6.07, 6.45) is 2.19. The predicted octanol–water partition coefficient (Wildman–Crippen LogP) is 1.46. The van der Waals surface area contributed by atoms with Crippen LogP contribution in [0.2, 0.25) is 0 Å². The van der Waals surface area contributed by atoms with Crippen LogP contribution in [0.5, 0.6) is 0 Å². The third-order valence-electron chi connectivity index (χ3n) is 1.27. The Morgan fingerprint density at radius 1 is 1.56 bits per heavy atom. The van der Waals surface area contributed by atoms with Crippen molar-refractivity contribution < 1.29 is 10.2 Å². The molecular formula is C7H15O2. The van der Waals surface area contributed by atoms with Crippen LogP contribution in [-0.2, 0) is 0 Å². The molecular weight excluding hydrogens is 116 g/mol. The maximum atomic E-state index is 8.92. The number of unbranched alkanes of at least 4 members (excludes halogenated alkanes) is 1. The maximum Gasteiger partial charge on any atom is 0.121 e. The standard InChI is InChI=1S/C7H15O2/c1-3-4-5-7(9)6(2)8/h6,8-9H,3-5H2,1-2H3. The highest BCUT2D eigenvalue weighted by Crippen LogP contribution is 2.10. The van der Waals surface area contributed by atoms with Crippen molar-refractivity contribution in [3.8, 4) is 0 Å². The van der Waals surface area contributed by atoms with Gasteiger partial charge in [0.2, 0.25) is 0 Å². The lowest BCUT2D eigenvalue weighted by atomic mass is 10.1. The first-order chi connectivity index (χ1) is 4.18. The van der Waals surface area contributed by atoms with Crippen LogP contribution in [0.1, 0.15) is 33.1 Å². The van der Waals surface area contributed by atoms with E-state index < -0.39 is 6.10 Å². The van der Waals surface area contributed by atoms with Gasteiger partial charge in [0, 0.05) is 0 Å². The van der Waals surface area contributed by atoms with Gasteiger partial charge in [-0.1, -0.05) is 19.8 Å². The Hall–Kier alpha value is -0.0800. The Morgan fingerprint density at radius 2 is 2.11 bits per heavy atom. The van der Waals surface area contributed by atoms with Gasteiger partial charge in [-0.2, -0.15) is 0 Å². The average molecular weight is 131 g/mol. The topological polar surface area (TPSA) is 40.5 Å². The molecule has 0 aliphatic carbocycles. The Labute approximate surface area is 56.5 Å². The summed E-state index contributed by atoms with van der Waals surface area (Å²) in [5.74, 6) is 0. The van der Waals surface area contributed by atoms with Crippen molar-refractivity contribution in [3.05, 3.63) is 6.10 Å². The molecule has 0 saturated heterocycles. The lowest BCUT2D eigenvalue weighted by Crippen LogP contribution is -2.12. The Morgan fingerprint density at radius 3 is 2.44 bits per heavy atom. The number of rotatable bonds is 4. The molecule has 0 aromatic carbocycles. The average Bonchev–Trinajstić information content (AvgIpc) is 1.82. The molecule has 0 aliphatic heterocycles. The van der Waals surface area contributed by atoms with Crippen LogP contribution in [0, 0.1) is 6.10 Å². The van der Waals surface area contributed by atoms with Crippen LogP contribution in [0.25, 0.3) is 0 Å². The third-order valence-corrected chi connectivity index (χ3v) is 1.27. The highest BCUT2D eigenvalue weighted by Gasteiger charge is 2.09. The molecule has 2 heteroatoms. The van der Waals surface area contributed by atoms with Gasteiger partial charge in [-0.05, 0) is 13.3 Å². The number of aliphatic hydroxyl groups is 2. The van der Waals surface area contributed by atoms with E-state index in [-0.39, 0.29) is 6.10 Å². The zero-order valence-electron chi connectivity index (χ0n) is 6.09. The molecule has 9 heavy (non-hydrogen) atoms. The molecule has 0 bridgehead atoms. The van der Waals surface area contributed by atoms with Crippen LogP contribution in [0.4, 0.5) is 0 Å². The van der Waals surface area contributed by atoms with Crippen molar-refractivity contribution in [1.82, 2.24) is 0 Å². The summed E-state index contributed by atoms with van der Waals surface area (Å²) in [7, 11) is 0. The fourth-order valence-electron chi connectivity index (χ4n) is 0.567. The summed E-state index contributed by atoms with van der Waals surface area (Å²) in [5, 5.41) is 17.7. The molecule has 2 N–H and O–H groups in total. The molecule has 0 aromatic heterocycles. The molecule has 1 unspecified atom stereocenters.